The van der Waals surface area contributed by atoms with Crippen molar-refractivity contribution in [1.29, 1.82) is 0 Å². The molecule has 2 aliphatic rings. The topological polar surface area (TPSA) is 29.1 Å². The Labute approximate surface area is 139 Å². The van der Waals surface area contributed by atoms with Gasteiger partial charge in [-0.3, -0.25) is 4.79 Å². The van der Waals surface area contributed by atoms with E-state index in [2.05, 4.69) is 11.4 Å². The lowest BCUT2D eigenvalue weighted by molar-refractivity contribution is 0.0904. The van der Waals surface area contributed by atoms with Crippen molar-refractivity contribution >= 4 is 29.0 Å². The van der Waals surface area contributed by atoms with Crippen LogP contribution in [-0.4, -0.2) is 18.9 Å². The van der Waals surface area contributed by atoms with Crippen molar-refractivity contribution in [3.63, 3.8) is 0 Å². The van der Waals surface area contributed by atoms with E-state index in [9.17, 15) is 4.79 Å². The van der Waals surface area contributed by atoms with E-state index in [0.717, 1.165) is 41.8 Å². The van der Waals surface area contributed by atoms with Gasteiger partial charge >= 0.3 is 0 Å². The Kier molecular flexibility index (Phi) is 3.48. The second-order valence-corrected chi connectivity index (χ2v) is 6.84. The van der Waals surface area contributed by atoms with Gasteiger partial charge in [0.15, 0.2) is 5.78 Å². The molecule has 22 heavy (non-hydrogen) atoms. The maximum absolute atomic E-state index is 12.5. The van der Waals surface area contributed by atoms with Gasteiger partial charge in [-0.25, -0.2) is 0 Å². The first-order chi connectivity index (χ1) is 10.6. The third-order valence-electron chi connectivity index (χ3n) is 4.78. The average Bonchev–Trinajstić information content (AvgIpc) is 2.81. The number of Topliss-reactive ketones (excluding diaryl/α,β-unsaturated/α-hetero) is 1. The lowest BCUT2D eigenvalue weighted by atomic mass is 9.86. The van der Waals surface area contributed by atoms with Crippen molar-refractivity contribution in [2.24, 2.45) is 5.92 Å². The van der Waals surface area contributed by atoms with Gasteiger partial charge in [0.1, 0.15) is 0 Å². The van der Waals surface area contributed by atoms with Crippen molar-refractivity contribution in [1.82, 2.24) is 5.32 Å². The summed E-state index contributed by atoms with van der Waals surface area (Å²) in [6.07, 6.45) is 0.926. The van der Waals surface area contributed by atoms with Gasteiger partial charge in [0.25, 0.3) is 0 Å². The molecule has 1 N–H and O–H groups in total. The number of rotatable bonds is 1. The number of hydrogen-bond donors (Lipinski definition) is 1. The number of ketones is 1. The second-order valence-electron chi connectivity index (χ2n) is 6.00. The fourth-order valence-electron chi connectivity index (χ4n) is 3.68. The molecule has 0 amide bonds. The number of halogens is 2. The van der Waals surface area contributed by atoms with Crippen molar-refractivity contribution in [3.8, 4) is 11.1 Å². The standard InChI is InChI=1S/C18H15Cl2NO/c19-11-2-4-12(17(20)8-11)10-1-3-13-15(7-10)16-9-21-6-5-14(16)18(13)22/h1-4,7-8,14,16,21H,5-6,9H2/t14-,16+/m0/s1. The van der Waals surface area contributed by atoms with Crippen LogP contribution in [0.2, 0.25) is 10.0 Å². The van der Waals surface area contributed by atoms with E-state index in [-0.39, 0.29) is 5.92 Å². The fourth-order valence-corrected chi connectivity index (χ4v) is 4.20. The average molecular weight is 332 g/mol. The summed E-state index contributed by atoms with van der Waals surface area (Å²) in [6, 6.07) is 11.6. The van der Waals surface area contributed by atoms with E-state index in [4.69, 9.17) is 23.2 Å². The highest BCUT2D eigenvalue weighted by Crippen LogP contribution is 2.43. The Bertz CT molecular complexity index is 772. The zero-order valence-electron chi connectivity index (χ0n) is 11.9. The van der Waals surface area contributed by atoms with Gasteiger partial charge in [-0.05, 0) is 36.2 Å². The zero-order chi connectivity index (χ0) is 15.3. The van der Waals surface area contributed by atoms with Crippen LogP contribution in [0.25, 0.3) is 11.1 Å². The van der Waals surface area contributed by atoms with Gasteiger partial charge in [0, 0.05) is 39.6 Å². The number of nitrogens with one attached hydrogen (secondary N) is 1. The first-order valence-electron chi connectivity index (χ1n) is 7.49. The van der Waals surface area contributed by atoms with Crippen LogP contribution < -0.4 is 5.32 Å². The molecule has 2 aromatic rings. The molecule has 4 heteroatoms. The number of piperidine rings is 1. The molecule has 0 spiro atoms. The number of hydrogen-bond acceptors (Lipinski definition) is 2. The first kappa shape index (κ1) is 14.3. The lowest BCUT2D eigenvalue weighted by Gasteiger charge is -2.25. The molecule has 1 saturated heterocycles. The molecule has 0 saturated carbocycles. The molecule has 0 bridgehead atoms. The molecular formula is C18H15Cl2NO. The number of benzene rings is 2. The summed E-state index contributed by atoms with van der Waals surface area (Å²) in [5.74, 6) is 0.740. The Morgan fingerprint density at radius 3 is 2.64 bits per heavy atom. The van der Waals surface area contributed by atoms with Crippen LogP contribution in [0, 0.1) is 5.92 Å². The smallest absolute Gasteiger partial charge is 0.166 e. The highest BCUT2D eigenvalue weighted by atomic mass is 35.5. The Hall–Kier alpha value is -1.35. The molecule has 4 rings (SSSR count). The quantitative estimate of drug-likeness (QED) is 0.830. The van der Waals surface area contributed by atoms with Gasteiger partial charge < -0.3 is 5.32 Å². The molecule has 112 valence electrons. The summed E-state index contributed by atoms with van der Waals surface area (Å²) in [4.78, 5) is 12.5. The monoisotopic (exact) mass is 331 g/mol. The van der Waals surface area contributed by atoms with E-state index in [1.807, 2.05) is 24.3 Å². The third-order valence-corrected chi connectivity index (χ3v) is 5.33. The molecule has 0 radical (unpaired) electrons. The van der Waals surface area contributed by atoms with E-state index in [1.54, 1.807) is 6.07 Å². The summed E-state index contributed by atoms with van der Waals surface area (Å²) in [5.41, 5.74) is 4.03. The molecule has 2 nitrogen and oxygen atoms in total. The normalized spacial score (nSPS) is 23.3. The lowest BCUT2D eigenvalue weighted by Crippen LogP contribution is -2.34. The van der Waals surface area contributed by atoms with Crippen LogP contribution in [0.3, 0.4) is 0 Å². The highest BCUT2D eigenvalue weighted by Gasteiger charge is 2.40. The predicted octanol–water partition coefficient (Wildman–Crippen LogP) is 4.55. The van der Waals surface area contributed by atoms with Gasteiger partial charge in [0.2, 0.25) is 0 Å². The first-order valence-corrected chi connectivity index (χ1v) is 8.25. The summed E-state index contributed by atoms with van der Waals surface area (Å²) < 4.78 is 0. The molecule has 1 heterocycles. The minimum Gasteiger partial charge on any atom is -0.316 e. The maximum atomic E-state index is 12.5. The van der Waals surface area contributed by atoms with Crippen molar-refractivity contribution in [2.45, 2.75) is 12.3 Å². The SMILES string of the molecule is O=C1c2ccc(-c3ccc(Cl)cc3Cl)cc2[C@@H]2CNCC[C@H]12. The zero-order valence-corrected chi connectivity index (χ0v) is 13.4. The van der Waals surface area contributed by atoms with E-state index in [0.29, 0.717) is 21.7 Å². The van der Waals surface area contributed by atoms with E-state index >= 15 is 0 Å². The fraction of sp³-hybridized carbons (Fsp3) is 0.278. The van der Waals surface area contributed by atoms with Gasteiger partial charge in [-0.15, -0.1) is 0 Å². The van der Waals surface area contributed by atoms with Crippen LogP contribution in [0.15, 0.2) is 36.4 Å². The third kappa shape index (κ3) is 2.18. The van der Waals surface area contributed by atoms with Crippen molar-refractivity contribution < 1.29 is 4.79 Å². The van der Waals surface area contributed by atoms with Crippen LogP contribution in [0.1, 0.15) is 28.3 Å². The Morgan fingerprint density at radius 1 is 1.00 bits per heavy atom. The van der Waals surface area contributed by atoms with Gasteiger partial charge in [-0.2, -0.15) is 0 Å². The summed E-state index contributed by atoms with van der Waals surface area (Å²) >= 11 is 12.3. The molecule has 1 aliphatic carbocycles. The largest absolute Gasteiger partial charge is 0.316 e. The number of carbonyl (C=O) groups excluding carboxylic acids is 1. The number of fused-ring (bicyclic) bond motifs is 3. The second kappa shape index (κ2) is 5.38. The number of carbonyl (C=O) groups is 1. The molecule has 2 atom stereocenters. The van der Waals surface area contributed by atoms with E-state index in [1.165, 1.54) is 0 Å². The van der Waals surface area contributed by atoms with E-state index < -0.39 is 0 Å². The Morgan fingerprint density at radius 2 is 1.82 bits per heavy atom. The van der Waals surface area contributed by atoms with Gasteiger partial charge in [-0.1, -0.05) is 47.5 Å². The minimum atomic E-state index is 0.146. The Balaban J connectivity index is 1.81. The summed E-state index contributed by atoms with van der Waals surface area (Å²) in [7, 11) is 0. The van der Waals surface area contributed by atoms with Crippen LogP contribution in [-0.2, 0) is 0 Å². The molecule has 2 aromatic carbocycles. The molecule has 0 unspecified atom stereocenters. The maximum Gasteiger partial charge on any atom is 0.166 e. The van der Waals surface area contributed by atoms with Crippen molar-refractivity contribution in [2.75, 3.05) is 13.1 Å². The molecule has 1 fully saturated rings. The highest BCUT2D eigenvalue weighted by molar-refractivity contribution is 6.36. The van der Waals surface area contributed by atoms with Crippen molar-refractivity contribution in [3.05, 3.63) is 57.6 Å². The molecule has 0 aromatic heterocycles. The van der Waals surface area contributed by atoms with Crippen LogP contribution in [0.5, 0.6) is 0 Å². The molecule has 1 aliphatic heterocycles. The minimum absolute atomic E-state index is 0.146. The van der Waals surface area contributed by atoms with Crippen LogP contribution in [0.4, 0.5) is 0 Å². The van der Waals surface area contributed by atoms with Gasteiger partial charge in [0.05, 0.1) is 0 Å². The summed E-state index contributed by atoms with van der Waals surface area (Å²) in [6.45, 7) is 1.80. The molecular weight excluding hydrogens is 317 g/mol. The predicted molar refractivity (Wildman–Crippen MR) is 89.9 cm³/mol. The summed E-state index contributed by atoms with van der Waals surface area (Å²) in [5, 5.41) is 4.66. The van der Waals surface area contributed by atoms with Crippen LogP contribution >= 0.6 is 23.2 Å².